The van der Waals surface area contributed by atoms with E-state index in [1.807, 2.05) is 0 Å². The van der Waals surface area contributed by atoms with Crippen molar-refractivity contribution in [2.45, 2.75) is 19.4 Å². The van der Waals surface area contributed by atoms with Gasteiger partial charge in [-0.1, -0.05) is 6.92 Å². The van der Waals surface area contributed by atoms with Gasteiger partial charge in [-0.3, -0.25) is 0 Å². The molecule has 2 rings (SSSR count). The molecule has 2 atom stereocenters. The van der Waals surface area contributed by atoms with Crippen molar-refractivity contribution >= 4 is 8.53 Å². The van der Waals surface area contributed by atoms with E-state index in [1.165, 1.54) is 0 Å². The predicted molar refractivity (Wildman–Crippen MR) is 52.5 cm³/mol. The van der Waals surface area contributed by atoms with Crippen LogP contribution in [0.2, 0.25) is 0 Å². The van der Waals surface area contributed by atoms with Crippen LogP contribution in [0.1, 0.15) is 13.3 Å². The molecule has 2 fully saturated rings. The first-order valence-electron chi connectivity index (χ1n) is 4.95. The molecule has 2 heterocycles. The molecule has 2 aliphatic rings. The van der Waals surface area contributed by atoms with Crippen molar-refractivity contribution in [2.75, 3.05) is 32.8 Å². The van der Waals surface area contributed by atoms with Crippen LogP contribution < -0.4 is 5.32 Å². The van der Waals surface area contributed by atoms with Crippen LogP contribution in [0.25, 0.3) is 0 Å². The van der Waals surface area contributed by atoms with Crippen LogP contribution in [0.15, 0.2) is 0 Å². The van der Waals surface area contributed by atoms with Crippen molar-refractivity contribution in [3.63, 3.8) is 0 Å². The van der Waals surface area contributed by atoms with Gasteiger partial charge in [-0.15, -0.1) is 0 Å². The predicted octanol–water partition coefficient (Wildman–Crippen LogP) is 0.944. The minimum atomic E-state index is -0.715. The average Bonchev–Trinajstić information content (AvgIpc) is 2.46. The Bertz CT molecular complexity index is 170. The lowest BCUT2D eigenvalue weighted by Gasteiger charge is -2.27. The standard InChI is InChI=1S/C8H17N2O2P/c1-2-8-7-12-13-10(8)5-3-9-4-6-11-13/h8-9H,2-7H2,1H3/t8-,13?/m0/s1. The zero-order valence-corrected chi connectivity index (χ0v) is 8.93. The molecule has 0 amide bonds. The van der Waals surface area contributed by atoms with Crippen LogP contribution in [-0.4, -0.2) is 43.6 Å². The van der Waals surface area contributed by atoms with Crippen LogP contribution >= 0.6 is 8.53 Å². The van der Waals surface area contributed by atoms with Gasteiger partial charge in [0.2, 0.25) is 0 Å². The van der Waals surface area contributed by atoms with Crippen LogP contribution in [0.3, 0.4) is 0 Å². The molecule has 13 heavy (non-hydrogen) atoms. The molecular formula is C8H17N2O2P. The van der Waals surface area contributed by atoms with Crippen molar-refractivity contribution in [2.24, 2.45) is 0 Å². The fraction of sp³-hybridized carbons (Fsp3) is 1.00. The monoisotopic (exact) mass is 204 g/mol. The summed E-state index contributed by atoms with van der Waals surface area (Å²) >= 11 is 0. The van der Waals surface area contributed by atoms with Gasteiger partial charge in [0.25, 0.3) is 8.53 Å². The zero-order valence-electron chi connectivity index (χ0n) is 8.03. The van der Waals surface area contributed by atoms with E-state index in [1.54, 1.807) is 0 Å². The normalized spacial score (nSPS) is 36.7. The number of fused-ring (bicyclic) bond motifs is 1. The molecule has 0 aromatic carbocycles. The smallest absolute Gasteiger partial charge is 0.259 e. The highest BCUT2D eigenvalue weighted by Gasteiger charge is 2.35. The highest BCUT2D eigenvalue weighted by Crippen LogP contribution is 2.49. The molecule has 1 unspecified atom stereocenters. The fourth-order valence-electron chi connectivity index (χ4n) is 1.66. The van der Waals surface area contributed by atoms with Crippen LogP contribution in [-0.2, 0) is 9.05 Å². The second kappa shape index (κ2) is 4.67. The van der Waals surface area contributed by atoms with Gasteiger partial charge in [0, 0.05) is 25.7 Å². The molecule has 76 valence electrons. The molecule has 2 aliphatic heterocycles. The van der Waals surface area contributed by atoms with Crippen molar-refractivity contribution < 1.29 is 9.05 Å². The Balaban J connectivity index is 1.95. The van der Waals surface area contributed by atoms with Gasteiger partial charge in [0.1, 0.15) is 0 Å². The van der Waals surface area contributed by atoms with E-state index in [4.69, 9.17) is 9.05 Å². The molecule has 0 bridgehead atoms. The molecule has 0 radical (unpaired) electrons. The maximum absolute atomic E-state index is 5.64. The van der Waals surface area contributed by atoms with Crippen molar-refractivity contribution in [3.8, 4) is 0 Å². The Labute approximate surface area is 80.5 Å². The third-order valence-electron chi connectivity index (χ3n) is 2.48. The van der Waals surface area contributed by atoms with E-state index in [0.29, 0.717) is 6.04 Å². The summed E-state index contributed by atoms with van der Waals surface area (Å²) in [6.07, 6.45) is 1.15. The second-order valence-corrected chi connectivity index (χ2v) is 4.85. The Morgan fingerprint density at radius 3 is 3.23 bits per heavy atom. The first kappa shape index (κ1) is 9.81. The molecule has 2 saturated heterocycles. The highest BCUT2D eigenvalue weighted by atomic mass is 31.2. The molecule has 0 spiro atoms. The molecular weight excluding hydrogens is 187 g/mol. The van der Waals surface area contributed by atoms with E-state index in [9.17, 15) is 0 Å². The topological polar surface area (TPSA) is 33.7 Å². The first-order valence-corrected chi connectivity index (χ1v) is 6.08. The molecule has 5 heteroatoms. The zero-order chi connectivity index (χ0) is 9.10. The lowest BCUT2D eigenvalue weighted by atomic mass is 10.2. The van der Waals surface area contributed by atoms with Gasteiger partial charge < -0.3 is 14.4 Å². The molecule has 4 nitrogen and oxygen atoms in total. The Morgan fingerprint density at radius 2 is 2.38 bits per heavy atom. The van der Waals surface area contributed by atoms with Gasteiger partial charge in [-0.25, -0.2) is 4.67 Å². The van der Waals surface area contributed by atoms with Gasteiger partial charge in [0.15, 0.2) is 0 Å². The van der Waals surface area contributed by atoms with Gasteiger partial charge >= 0.3 is 0 Å². The summed E-state index contributed by atoms with van der Waals surface area (Å²) in [4.78, 5) is 0. The fourth-order valence-corrected chi connectivity index (χ4v) is 3.34. The molecule has 1 N–H and O–H groups in total. The number of nitrogens with one attached hydrogen (secondary N) is 1. The van der Waals surface area contributed by atoms with Gasteiger partial charge in [-0.2, -0.15) is 0 Å². The summed E-state index contributed by atoms with van der Waals surface area (Å²) in [5, 5.41) is 3.33. The molecule has 0 aromatic rings. The van der Waals surface area contributed by atoms with Crippen LogP contribution in [0.4, 0.5) is 0 Å². The second-order valence-electron chi connectivity index (χ2n) is 3.34. The lowest BCUT2D eigenvalue weighted by Crippen LogP contribution is -2.36. The minimum absolute atomic E-state index is 0.575. The quantitative estimate of drug-likeness (QED) is 0.645. The summed E-state index contributed by atoms with van der Waals surface area (Å²) in [7, 11) is -0.715. The van der Waals surface area contributed by atoms with E-state index in [2.05, 4.69) is 16.9 Å². The third-order valence-corrected chi connectivity index (χ3v) is 4.20. The van der Waals surface area contributed by atoms with E-state index >= 15 is 0 Å². The summed E-state index contributed by atoms with van der Waals surface area (Å²) < 4.78 is 13.7. The summed E-state index contributed by atoms with van der Waals surface area (Å²) in [5.41, 5.74) is 0. The van der Waals surface area contributed by atoms with Crippen LogP contribution in [0, 0.1) is 0 Å². The maximum Gasteiger partial charge on any atom is 0.259 e. The molecule has 0 aromatic heterocycles. The maximum atomic E-state index is 5.64. The Morgan fingerprint density at radius 1 is 1.46 bits per heavy atom. The van der Waals surface area contributed by atoms with Gasteiger partial charge in [-0.05, 0) is 6.42 Å². The Kier molecular flexibility index (Phi) is 3.52. The number of hydrogen-bond acceptors (Lipinski definition) is 4. The van der Waals surface area contributed by atoms with E-state index in [0.717, 1.165) is 39.3 Å². The van der Waals surface area contributed by atoms with E-state index in [-0.39, 0.29) is 0 Å². The SMILES string of the molecule is CC[C@H]1COP2OCCNCCN12. The van der Waals surface area contributed by atoms with Crippen molar-refractivity contribution in [1.82, 2.24) is 9.99 Å². The number of hydrogen-bond donors (Lipinski definition) is 1. The Hall–Kier alpha value is 0.270. The highest BCUT2D eigenvalue weighted by molar-refractivity contribution is 7.44. The van der Waals surface area contributed by atoms with Gasteiger partial charge in [0.05, 0.1) is 13.2 Å². The summed E-state index contributed by atoms with van der Waals surface area (Å²) in [5.74, 6) is 0. The molecule has 0 aliphatic carbocycles. The molecule has 0 saturated carbocycles. The third kappa shape index (κ3) is 2.20. The largest absolute Gasteiger partial charge is 0.321 e. The average molecular weight is 204 g/mol. The van der Waals surface area contributed by atoms with Crippen LogP contribution in [0.5, 0.6) is 0 Å². The number of nitrogens with zero attached hydrogens (tertiary/aromatic N) is 1. The van der Waals surface area contributed by atoms with Crippen molar-refractivity contribution in [3.05, 3.63) is 0 Å². The minimum Gasteiger partial charge on any atom is -0.321 e. The first-order chi connectivity index (χ1) is 6.42. The lowest BCUT2D eigenvalue weighted by molar-refractivity contribution is 0.253. The van der Waals surface area contributed by atoms with E-state index < -0.39 is 8.53 Å². The van der Waals surface area contributed by atoms with Crippen molar-refractivity contribution in [1.29, 1.82) is 0 Å². The summed E-state index contributed by atoms with van der Waals surface area (Å²) in [6.45, 7) is 6.90. The number of rotatable bonds is 1. The summed E-state index contributed by atoms with van der Waals surface area (Å²) in [6, 6.07) is 0.575.